The molecule has 0 radical (unpaired) electrons. The quantitative estimate of drug-likeness (QED) is 0.0269. The fourth-order valence-electron chi connectivity index (χ4n) is 6.46. The Morgan fingerprint density at radius 1 is 0.569 bits per heavy atom. The van der Waals surface area contributed by atoms with Gasteiger partial charge in [-0.15, -0.1) is 0 Å². The molecule has 65 heavy (non-hydrogen) atoms. The monoisotopic (exact) mass is 987 g/mol. The van der Waals surface area contributed by atoms with Crippen LogP contribution >= 0.6 is 15.9 Å². The van der Waals surface area contributed by atoms with Crippen LogP contribution in [0, 0.1) is 13.8 Å². The third-order valence-electron chi connectivity index (χ3n) is 10.2. The average molecular weight is 989 g/mol. The predicted molar refractivity (Wildman–Crippen MR) is 250 cm³/mol. The minimum absolute atomic E-state index is 0.0354. The summed E-state index contributed by atoms with van der Waals surface area (Å²) < 4.78 is 60.6. The molecule has 14 nitrogen and oxygen atoms in total. The van der Waals surface area contributed by atoms with E-state index in [0.29, 0.717) is 42.0 Å². The van der Waals surface area contributed by atoms with Gasteiger partial charge < -0.3 is 45.8 Å². The van der Waals surface area contributed by atoms with E-state index < -0.39 is 30.7 Å². The van der Waals surface area contributed by atoms with Gasteiger partial charge in [-0.05, 0) is 38.8 Å². The van der Waals surface area contributed by atoms with Gasteiger partial charge in [0.05, 0.1) is 27.1 Å². The zero-order chi connectivity index (χ0) is 48.6. The van der Waals surface area contributed by atoms with Crippen molar-refractivity contribution in [2.24, 2.45) is 0 Å². The number of esters is 1. The van der Waals surface area contributed by atoms with Crippen LogP contribution in [0.3, 0.4) is 0 Å². The van der Waals surface area contributed by atoms with Crippen LogP contribution in [0.2, 0.25) is 0 Å². The third-order valence-corrected chi connectivity index (χ3v) is 10.7. The molecule has 370 valence electrons. The molecule has 0 aromatic carbocycles. The van der Waals surface area contributed by atoms with Gasteiger partial charge in [0, 0.05) is 12.1 Å². The molecule has 0 unspecified atom stereocenters. The summed E-state index contributed by atoms with van der Waals surface area (Å²) in [6.07, 6.45) is 31.2. The van der Waals surface area contributed by atoms with E-state index in [1.165, 1.54) is 141 Å². The SMILES string of the molecule is CCCCCCCCCCCCCCOc1ccc(C(=O)O)o1.CCCCCCCCCCCCCCOc1ccc(C(=O)OCc2oc(=O)oc2C)o1.Cc1oc(=O)oc1CBr.[2H]CF. The van der Waals surface area contributed by atoms with Crippen molar-refractivity contribution < 1.29 is 61.2 Å². The Hall–Kier alpha value is -4.47. The van der Waals surface area contributed by atoms with Gasteiger partial charge in [0.15, 0.2) is 23.9 Å². The standard InChI is InChI=1S/C24H36O7.C19H32O4.C5H5BrO3.CH3F/c1-3-4-5-6-7-8-9-10-11-12-13-14-17-27-22-16-15-20(30-22)23(25)28-18-21-19(2)29-24(26)31-21;1-2-3-4-5-6-7-8-9-10-11-12-13-16-22-18-15-14-17(23-18)19(20)21;1-3-4(2-6)9-5(7)8-3;1-2/h15-16H,3-14,17-18H2,1-2H3;14-15H,2-13,16H2,1H3,(H,20,21);2H2,1H3;1H3/i;;;1D. The van der Waals surface area contributed by atoms with Crippen LogP contribution in [0.15, 0.2) is 60.4 Å². The number of hydrogen-bond donors (Lipinski definition) is 1. The van der Waals surface area contributed by atoms with Crippen LogP contribution in [0.4, 0.5) is 4.39 Å². The molecule has 0 saturated carbocycles. The van der Waals surface area contributed by atoms with Crippen LogP contribution in [0.25, 0.3) is 0 Å². The Labute approximate surface area is 393 Å². The smallest absolute Gasteiger partial charge is 0.475 e. The maximum atomic E-state index is 12.0. The molecule has 1 N–H and O–H groups in total. The van der Waals surface area contributed by atoms with E-state index in [0.717, 1.165) is 25.7 Å². The predicted octanol–water partition coefficient (Wildman–Crippen LogP) is 14.7. The largest absolute Gasteiger partial charge is 0.519 e. The lowest BCUT2D eigenvalue weighted by Gasteiger charge is -2.04. The van der Waals surface area contributed by atoms with E-state index in [-0.39, 0.29) is 29.6 Å². The second-order valence-electron chi connectivity index (χ2n) is 15.6. The van der Waals surface area contributed by atoms with Gasteiger partial charge in [-0.1, -0.05) is 171 Å². The maximum Gasteiger partial charge on any atom is 0.519 e. The van der Waals surface area contributed by atoms with Crippen molar-refractivity contribution in [1.29, 1.82) is 0 Å². The summed E-state index contributed by atoms with van der Waals surface area (Å²) in [6, 6.07) is 6.07. The van der Waals surface area contributed by atoms with E-state index in [1.54, 1.807) is 26.0 Å². The highest BCUT2D eigenvalue weighted by atomic mass is 79.9. The summed E-state index contributed by atoms with van der Waals surface area (Å²) >= 11 is 3.13. The number of hydrogen-bond acceptors (Lipinski definition) is 13. The van der Waals surface area contributed by atoms with E-state index in [9.17, 15) is 23.6 Å². The molecule has 4 aromatic heterocycles. The third kappa shape index (κ3) is 28.9. The number of halogens is 2. The van der Waals surface area contributed by atoms with Crippen molar-refractivity contribution >= 4 is 27.9 Å². The molecule has 0 aliphatic carbocycles. The minimum Gasteiger partial charge on any atom is -0.475 e. The first-order valence-electron chi connectivity index (χ1n) is 24.2. The van der Waals surface area contributed by atoms with Gasteiger partial charge in [0.2, 0.25) is 11.5 Å². The van der Waals surface area contributed by atoms with Crippen LogP contribution in [-0.4, -0.2) is 37.4 Å². The fourth-order valence-corrected chi connectivity index (χ4v) is 6.97. The molecule has 16 heteroatoms. The lowest BCUT2D eigenvalue weighted by molar-refractivity contribution is 0.0398. The highest BCUT2D eigenvalue weighted by Gasteiger charge is 2.17. The molecular formula is C49H76BrFO14. The molecular weight excluding hydrogens is 911 g/mol. The first-order chi connectivity index (χ1) is 32.0. The minimum atomic E-state index is -1.06. The van der Waals surface area contributed by atoms with Gasteiger partial charge in [-0.25, -0.2) is 19.2 Å². The Morgan fingerprint density at radius 3 is 1.25 bits per heavy atom. The van der Waals surface area contributed by atoms with Crippen molar-refractivity contribution in [1.82, 2.24) is 0 Å². The summed E-state index contributed by atoms with van der Waals surface area (Å²) in [5, 5.41) is 9.25. The molecule has 0 spiro atoms. The first kappa shape index (κ1) is 56.7. The lowest BCUT2D eigenvalue weighted by Crippen LogP contribution is -2.04. The molecule has 0 saturated heterocycles. The van der Waals surface area contributed by atoms with Gasteiger partial charge in [-0.2, -0.15) is 0 Å². The zero-order valence-electron chi connectivity index (χ0n) is 40.3. The van der Waals surface area contributed by atoms with E-state index in [4.69, 9.17) is 38.4 Å². The van der Waals surface area contributed by atoms with Crippen molar-refractivity contribution in [3.8, 4) is 11.9 Å². The number of unbranched alkanes of at least 4 members (excludes halogenated alkanes) is 22. The second-order valence-corrected chi connectivity index (χ2v) is 16.2. The van der Waals surface area contributed by atoms with Gasteiger partial charge >= 0.3 is 23.6 Å². The number of furan rings is 2. The van der Waals surface area contributed by atoms with Gasteiger partial charge in [0.25, 0.3) is 11.9 Å². The van der Waals surface area contributed by atoms with Crippen LogP contribution in [0.1, 0.15) is 213 Å². The topological polar surface area (TPSA) is 195 Å². The molecule has 0 amide bonds. The van der Waals surface area contributed by atoms with E-state index in [2.05, 4.69) is 38.6 Å². The number of carbonyl (C=O) groups excluding carboxylic acids is 1. The van der Waals surface area contributed by atoms with Crippen LogP contribution < -0.4 is 21.1 Å². The highest BCUT2D eigenvalue weighted by Crippen LogP contribution is 2.20. The molecule has 0 aliphatic heterocycles. The van der Waals surface area contributed by atoms with E-state index >= 15 is 0 Å². The molecule has 4 rings (SSSR count). The molecule has 0 fully saturated rings. The van der Waals surface area contributed by atoms with E-state index in [1.807, 2.05) is 0 Å². The molecule has 4 aromatic rings. The number of carbonyl (C=O) groups is 2. The van der Waals surface area contributed by atoms with Crippen molar-refractivity contribution in [2.45, 2.75) is 194 Å². The Morgan fingerprint density at radius 2 is 0.923 bits per heavy atom. The number of ether oxygens (including phenoxy) is 3. The van der Waals surface area contributed by atoms with Crippen LogP contribution in [-0.2, 0) is 16.7 Å². The summed E-state index contributed by atoms with van der Waals surface area (Å²) in [6.45, 7) is 8.69. The first-order valence-corrected chi connectivity index (χ1v) is 24.6. The Balaban J connectivity index is 0.000000541. The number of aryl methyl sites for hydroxylation is 2. The maximum absolute atomic E-state index is 12.0. The molecule has 4 heterocycles. The fraction of sp³-hybridized carbons (Fsp3) is 0.673. The average Bonchev–Trinajstić information content (AvgIpc) is 4.11. The summed E-state index contributed by atoms with van der Waals surface area (Å²) in [7, 11) is -1.00. The number of carboxylic acids is 1. The summed E-state index contributed by atoms with van der Waals surface area (Å²) in [4.78, 5) is 44.0. The number of rotatable bonds is 33. The lowest BCUT2D eigenvalue weighted by atomic mass is 10.1. The van der Waals surface area contributed by atoms with Crippen LogP contribution in [0.5, 0.6) is 11.9 Å². The highest BCUT2D eigenvalue weighted by molar-refractivity contribution is 9.08. The normalized spacial score (nSPS) is 10.8. The summed E-state index contributed by atoms with van der Waals surface area (Å²) in [5.74, 6) is -1.09. The number of alkyl halides is 2. The second kappa shape index (κ2) is 38.8. The number of carboxylic acid groups (broad SMARTS) is 1. The zero-order valence-corrected chi connectivity index (χ0v) is 40.9. The van der Waals surface area contributed by atoms with Crippen molar-refractivity contribution in [2.75, 3.05) is 20.4 Å². The molecule has 0 bridgehead atoms. The van der Waals surface area contributed by atoms with Gasteiger partial charge in [-0.3, -0.25) is 4.39 Å². The van der Waals surface area contributed by atoms with Crippen molar-refractivity contribution in [3.05, 3.63) is 80.1 Å². The Bertz CT molecular complexity index is 1890. The Kier molecular flexibility index (Phi) is 33.8. The molecule has 0 atom stereocenters. The van der Waals surface area contributed by atoms with Gasteiger partial charge in [0.1, 0.15) is 5.76 Å². The number of aromatic carboxylic acids is 1. The molecule has 0 aliphatic rings. The summed E-state index contributed by atoms with van der Waals surface area (Å²) in [5.41, 5.74) is 0. The van der Waals surface area contributed by atoms with Crippen molar-refractivity contribution in [3.63, 3.8) is 0 Å².